The molecule has 0 radical (unpaired) electrons. The second kappa shape index (κ2) is 7.02. The van der Waals surface area contributed by atoms with Crippen LogP contribution in [0.1, 0.15) is 36.5 Å². The molecule has 0 atom stereocenters. The molecule has 1 aromatic rings. The summed E-state index contributed by atoms with van der Waals surface area (Å²) in [4.78, 5) is 28.3. The number of hydrogen-bond acceptors (Lipinski definition) is 3. The van der Waals surface area contributed by atoms with Crippen LogP contribution in [0.2, 0.25) is 0 Å². The van der Waals surface area contributed by atoms with Crippen LogP contribution in [-0.2, 0) is 4.79 Å². The van der Waals surface area contributed by atoms with E-state index in [9.17, 15) is 9.59 Å². The van der Waals surface area contributed by atoms with Gasteiger partial charge >= 0.3 is 0 Å². The van der Waals surface area contributed by atoms with Crippen molar-refractivity contribution in [2.24, 2.45) is 5.92 Å². The lowest BCUT2D eigenvalue weighted by molar-refractivity contribution is -0.134. The van der Waals surface area contributed by atoms with Gasteiger partial charge in [-0.05, 0) is 43.5 Å². The summed E-state index contributed by atoms with van der Waals surface area (Å²) in [5.74, 6) is 1.36. The third-order valence-corrected chi connectivity index (χ3v) is 4.38. The van der Waals surface area contributed by atoms with Gasteiger partial charge in [0.1, 0.15) is 5.75 Å². The molecule has 3 rings (SSSR count). The molecule has 2 amide bonds. The monoisotopic (exact) mass is 316 g/mol. The van der Waals surface area contributed by atoms with Gasteiger partial charge in [0.2, 0.25) is 5.91 Å². The predicted octanol–water partition coefficient (Wildman–Crippen LogP) is 2.17. The lowest BCUT2D eigenvalue weighted by Gasteiger charge is -2.35. The Labute approximate surface area is 137 Å². The summed E-state index contributed by atoms with van der Waals surface area (Å²) in [6.45, 7) is 5.28. The zero-order chi connectivity index (χ0) is 16.2. The van der Waals surface area contributed by atoms with Crippen LogP contribution in [0.3, 0.4) is 0 Å². The van der Waals surface area contributed by atoms with E-state index in [0.717, 1.165) is 25.0 Å². The van der Waals surface area contributed by atoms with E-state index in [1.165, 1.54) is 0 Å². The molecular formula is C18H24N2O3. The number of nitrogens with zero attached hydrogens (tertiary/aromatic N) is 2. The molecule has 0 aromatic heterocycles. The molecule has 1 aliphatic heterocycles. The molecule has 5 nitrogen and oxygen atoms in total. The molecule has 1 saturated carbocycles. The summed E-state index contributed by atoms with van der Waals surface area (Å²) in [7, 11) is 0. The Morgan fingerprint density at radius 1 is 1.04 bits per heavy atom. The topological polar surface area (TPSA) is 49.9 Å². The van der Waals surface area contributed by atoms with Crippen LogP contribution in [0.4, 0.5) is 0 Å². The molecule has 1 aromatic carbocycles. The Morgan fingerprint density at radius 2 is 1.65 bits per heavy atom. The first-order chi connectivity index (χ1) is 11.2. The number of carbonyl (C=O) groups is 2. The summed E-state index contributed by atoms with van der Waals surface area (Å²) in [5.41, 5.74) is 0.677. The van der Waals surface area contributed by atoms with Gasteiger partial charge in [0.25, 0.3) is 5.91 Å². The second-order valence-corrected chi connectivity index (χ2v) is 6.26. The fourth-order valence-electron chi connectivity index (χ4n) is 2.81. The van der Waals surface area contributed by atoms with Crippen LogP contribution in [0.15, 0.2) is 24.3 Å². The third kappa shape index (κ3) is 3.84. The molecule has 0 spiro atoms. The predicted molar refractivity (Wildman–Crippen MR) is 87.4 cm³/mol. The number of amides is 2. The fourth-order valence-corrected chi connectivity index (χ4v) is 2.81. The average molecular weight is 316 g/mol. The maximum Gasteiger partial charge on any atom is 0.253 e. The Kier molecular flexibility index (Phi) is 4.84. The van der Waals surface area contributed by atoms with Crippen molar-refractivity contribution < 1.29 is 14.3 Å². The first-order valence-electron chi connectivity index (χ1n) is 8.50. The van der Waals surface area contributed by atoms with E-state index in [2.05, 4.69) is 6.92 Å². The van der Waals surface area contributed by atoms with Crippen molar-refractivity contribution in [3.8, 4) is 5.75 Å². The average Bonchev–Trinajstić information content (AvgIpc) is 3.44. The van der Waals surface area contributed by atoms with Crippen molar-refractivity contribution in [2.45, 2.75) is 26.2 Å². The summed E-state index contributed by atoms with van der Waals surface area (Å²) < 4.78 is 5.54. The molecule has 1 heterocycles. The lowest BCUT2D eigenvalue weighted by atomic mass is 10.1. The molecule has 23 heavy (non-hydrogen) atoms. The summed E-state index contributed by atoms with van der Waals surface area (Å²) in [6, 6.07) is 7.32. The number of ether oxygens (including phenoxy) is 1. The zero-order valence-corrected chi connectivity index (χ0v) is 13.7. The van der Waals surface area contributed by atoms with Crippen LogP contribution in [0.25, 0.3) is 0 Å². The van der Waals surface area contributed by atoms with E-state index in [-0.39, 0.29) is 17.7 Å². The fraction of sp³-hybridized carbons (Fsp3) is 0.556. The molecule has 0 bridgehead atoms. The maximum absolute atomic E-state index is 12.5. The van der Waals surface area contributed by atoms with Gasteiger partial charge in [-0.3, -0.25) is 9.59 Å². The Balaban J connectivity index is 1.53. The number of benzene rings is 1. The smallest absolute Gasteiger partial charge is 0.253 e. The minimum atomic E-state index is 0.0329. The van der Waals surface area contributed by atoms with Gasteiger partial charge in [-0.25, -0.2) is 0 Å². The first kappa shape index (κ1) is 15.8. The van der Waals surface area contributed by atoms with Gasteiger partial charge in [-0.15, -0.1) is 0 Å². The van der Waals surface area contributed by atoms with Gasteiger partial charge in [-0.2, -0.15) is 0 Å². The summed E-state index contributed by atoms with van der Waals surface area (Å²) in [5, 5.41) is 0. The van der Waals surface area contributed by atoms with Crippen molar-refractivity contribution in [3.05, 3.63) is 29.8 Å². The summed E-state index contributed by atoms with van der Waals surface area (Å²) in [6.07, 6.45) is 3.03. The van der Waals surface area contributed by atoms with E-state index in [1.807, 2.05) is 34.1 Å². The highest BCUT2D eigenvalue weighted by atomic mass is 16.5. The highest BCUT2D eigenvalue weighted by molar-refractivity contribution is 5.94. The molecule has 2 fully saturated rings. The highest BCUT2D eigenvalue weighted by Crippen LogP contribution is 2.31. The zero-order valence-electron chi connectivity index (χ0n) is 13.7. The summed E-state index contributed by atoms with van der Waals surface area (Å²) >= 11 is 0. The lowest BCUT2D eigenvalue weighted by Crippen LogP contribution is -2.51. The second-order valence-electron chi connectivity index (χ2n) is 6.26. The number of piperazine rings is 1. The molecule has 1 aliphatic carbocycles. The molecule has 124 valence electrons. The van der Waals surface area contributed by atoms with Crippen LogP contribution < -0.4 is 4.74 Å². The largest absolute Gasteiger partial charge is 0.494 e. The van der Waals surface area contributed by atoms with E-state index < -0.39 is 0 Å². The normalized spacial score (nSPS) is 18.0. The van der Waals surface area contributed by atoms with Crippen molar-refractivity contribution in [3.63, 3.8) is 0 Å². The number of carbonyl (C=O) groups excluding carboxylic acids is 2. The van der Waals surface area contributed by atoms with Crippen molar-refractivity contribution in [1.29, 1.82) is 0 Å². The van der Waals surface area contributed by atoms with E-state index >= 15 is 0 Å². The Bertz CT molecular complexity index is 558. The molecular weight excluding hydrogens is 292 g/mol. The maximum atomic E-state index is 12.5. The van der Waals surface area contributed by atoms with Gasteiger partial charge in [0.05, 0.1) is 6.61 Å². The minimum absolute atomic E-state index is 0.0329. The molecule has 0 unspecified atom stereocenters. The third-order valence-electron chi connectivity index (χ3n) is 4.38. The van der Waals surface area contributed by atoms with Gasteiger partial charge in [0.15, 0.2) is 0 Å². The number of rotatable bonds is 5. The molecule has 2 aliphatic rings. The molecule has 1 saturated heterocycles. The SMILES string of the molecule is CCCOc1ccc(C(=O)N2CCN(C(=O)C3CC3)CC2)cc1. The standard InChI is InChI=1S/C18H24N2O3/c1-2-13-23-16-7-5-15(6-8-16)18(22)20-11-9-19(10-12-20)17(21)14-3-4-14/h5-8,14H,2-4,9-13H2,1H3. The Morgan fingerprint density at radius 3 is 2.22 bits per heavy atom. The van der Waals surface area contributed by atoms with E-state index in [4.69, 9.17) is 4.74 Å². The minimum Gasteiger partial charge on any atom is -0.494 e. The van der Waals surface area contributed by atoms with Crippen molar-refractivity contribution in [1.82, 2.24) is 9.80 Å². The van der Waals surface area contributed by atoms with Crippen molar-refractivity contribution >= 4 is 11.8 Å². The highest BCUT2D eigenvalue weighted by Gasteiger charge is 2.35. The van der Waals surface area contributed by atoms with Crippen molar-refractivity contribution in [2.75, 3.05) is 32.8 Å². The van der Waals surface area contributed by atoms with Crippen LogP contribution in [0, 0.1) is 5.92 Å². The van der Waals surface area contributed by atoms with Crippen LogP contribution in [-0.4, -0.2) is 54.4 Å². The van der Waals surface area contributed by atoms with Crippen LogP contribution in [0.5, 0.6) is 5.75 Å². The molecule has 5 heteroatoms. The van der Waals surface area contributed by atoms with Gasteiger partial charge < -0.3 is 14.5 Å². The van der Waals surface area contributed by atoms with Gasteiger partial charge in [-0.1, -0.05) is 6.92 Å². The van der Waals surface area contributed by atoms with E-state index in [1.54, 1.807) is 0 Å². The van der Waals surface area contributed by atoms with E-state index in [0.29, 0.717) is 38.3 Å². The molecule has 0 N–H and O–H groups in total. The van der Waals surface area contributed by atoms with Gasteiger partial charge in [0, 0.05) is 37.7 Å². The first-order valence-corrected chi connectivity index (χ1v) is 8.50. The Hall–Kier alpha value is -2.04. The van der Waals surface area contributed by atoms with Crippen LogP contribution >= 0.6 is 0 Å². The quantitative estimate of drug-likeness (QED) is 0.836. The number of hydrogen-bond donors (Lipinski definition) is 0.